The molecule has 6 heteroatoms. The number of benzene rings is 1. The van der Waals surface area contributed by atoms with Gasteiger partial charge in [0.25, 0.3) is 0 Å². The van der Waals surface area contributed by atoms with Crippen molar-refractivity contribution in [2.24, 2.45) is 0 Å². The van der Waals surface area contributed by atoms with Gasteiger partial charge in [-0.15, -0.1) is 0 Å². The molecular formula is C20H21ClN4O. The van der Waals surface area contributed by atoms with E-state index in [2.05, 4.69) is 26.4 Å². The van der Waals surface area contributed by atoms with Crippen LogP contribution in [-0.2, 0) is 26.1 Å². The normalized spacial score (nSPS) is 14.4. The van der Waals surface area contributed by atoms with Gasteiger partial charge >= 0.3 is 0 Å². The van der Waals surface area contributed by atoms with E-state index in [-0.39, 0.29) is 5.56 Å². The third-order valence-corrected chi connectivity index (χ3v) is 5.23. The summed E-state index contributed by atoms with van der Waals surface area (Å²) < 4.78 is 2.17. The summed E-state index contributed by atoms with van der Waals surface area (Å²) >= 11 is 6.02. The van der Waals surface area contributed by atoms with Crippen LogP contribution in [0.2, 0.25) is 5.02 Å². The van der Waals surface area contributed by atoms with E-state index < -0.39 is 0 Å². The van der Waals surface area contributed by atoms with Gasteiger partial charge < -0.3 is 9.55 Å². The molecule has 0 bridgehead atoms. The Morgan fingerprint density at radius 2 is 2.08 bits per heavy atom. The van der Waals surface area contributed by atoms with Gasteiger partial charge in [-0.25, -0.2) is 4.98 Å². The number of pyridine rings is 1. The van der Waals surface area contributed by atoms with Crippen molar-refractivity contribution in [2.75, 3.05) is 6.54 Å². The first-order valence-electron chi connectivity index (χ1n) is 8.86. The maximum atomic E-state index is 12.1. The summed E-state index contributed by atoms with van der Waals surface area (Å²) in [6, 6.07) is 9.38. The first kappa shape index (κ1) is 17.1. The molecule has 5 nitrogen and oxygen atoms in total. The summed E-state index contributed by atoms with van der Waals surface area (Å²) in [5.74, 6) is 0. The van der Waals surface area contributed by atoms with Crippen molar-refractivity contribution < 1.29 is 0 Å². The summed E-state index contributed by atoms with van der Waals surface area (Å²) in [7, 11) is 0. The predicted molar refractivity (Wildman–Crippen MR) is 103 cm³/mol. The zero-order chi connectivity index (χ0) is 18.1. The topological polar surface area (TPSA) is 53.9 Å². The average Bonchev–Trinajstić information content (AvgIpc) is 3.09. The van der Waals surface area contributed by atoms with Crippen LogP contribution in [0.15, 0.2) is 47.7 Å². The maximum Gasteiger partial charge on any atom is 0.248 e. The van der Waals surface area contributed by atoms with Crippen LogP contribution in [0.5, 0.6) is 0 Å². The van der Waals surface area contributed by atoms with Crippen molar-refractivity contribution in [1.82, 2.24) is 19.4 Å². The Bertz CT molecular complexity index is 974. The molecule has 3 aromatic rings. The maximum absolute atomic E-state index is 12.1. The Balaban J connectivity index is 1.67. The molecule has 1 aromatic carbocycles. The minimum Gasteiger partial charge on any atom is -0.334 e. The van der Waals surface area contributed by atoms with Crippen LogP contribution in [0.25, 0.3) is 11.1 Å². The Labute approximate surface area is 157 Å². The molecule has 2 aromatic heterocycles. The molecule has 0 fully saturated rings. The molecule has 134 valence electrons. The minimum atomic E-state index is -0.0498. The molecule has 0 atom stereocenters. The van der Waals surface area contributed by atoms with E-state index in [4.69, 9.17) is 11.6 Å². The first-order chi connectivity index (χ1) is 12.6. The second-order valence-corrected chi connectivity index (χ2v) is 7.08. The summed E-state index contributed by atoms with van der Waals surface area (Å²) in [6.07, 6.45) is 4.65. The van der Waals surface area contributed by atoms with Gasteiger partial charge in [0.15, 0.2) is 0 Å². The highest BCUT2D eigenvalue weighted by molar-refractivity contribution is 6.30. The molecule has 0 saturated carbocycles. The van der Waals surface area contributed by atoms with Crippen molar-refractivity contribution in [3.8, 4) is 11.1 Å². The monoisotopic (exact) mass is 368 g/mol. The molecule has 0 spiro atoms. The zero-order valence-electron chi connectivity index (χ0n) is 14.7. The van der Waals surface area contributed by atoms with Crippen molar-refractivity contribution in [3.63, 3.8) is 0 Å². The minimum absolute atomic E-state index is 0.0498. The van der Waals surface area contributed by atoms with E-state index in [1.807, 2.05) is 36.8 Å². The van der Waals surface area contributed by atoms with E-state index in [9.17, 15) is 4.79 Å². The number of halogens is 1. The van der Waals surface area contributed by atoms with Crippen LogP contribution in [-0.4, -0.2) is 26.0 Å². The molecule has 1 aliphatic rings. The lowest BCUT2D eigenvalue weighted by Crippen LogP contribution is -2.33. The van der Waals surface area contributed by atoms with Crippen molar-refractivity contribution in [3.05, 3.63) is 75.2 Å². The fourth-order valence-corrected chi connectivity index (χ4v) is 3.75. The fraction of sp³-hybridized carbons (Fsp3) is 0.300. The van der Waals surface area contributed by atoms with Crippen molar-refractivity contribution >= 4 is 11.6 Å². The SMILES string of the molecule is CCn1cncc1CN1CCc2[nH]c(=O)cc(-c3ccc(Cl)cc3)c2C1. The third kappa shape index (κ3) is 3.32. The van der Waals surface area contributed by atoms with Crippen molar-refractivity contribution in [1.29, 1.82) is 0 Å². The molecule has 0 aliphatic carbocycles. The van der Waals surface area contributed by atoms with Gasteiger partial charge in [0.1, 0.15) is 0 Å². The lowest BCUT2D eigenvalue weighted by molar-refractivity contribution is 0.237. The number of nitrogens with one attached hydrogen (secondary N) is 1. The number of aryl methyl sites for hydroxylation is 1. The van der Waals surface area contributed by atoms with Crippen LogP contribution < -0.4 is 5.56 Å². The molecule has 26 heavy (non-hydrogen) atoms. The highest BCUT2D eigenvalue weighted by atomic mass is 35.5. The predicted octanol–water partition coefficient (Wildman–Crippen LogP) is 3.47. The molecule has 0 saturated heterocycles. The van der Waals surface area contributed by atoms with Gasteiger partial charge in [-0.1, -0.05) is 23.7 Å². The molecule has 0 amide bonds. The number of hydrogen-bond donors (Lipinski definition) is 1. The Hall–Kier alpha value is -2.37. The van der Waals surface area contributed by atoms with E-state index in [0.29, 0.717) is 5.02 Å². The number of H-pyrrole nitrogens is 1. The van der Waals surface area contributed by atoms with Gasteiger partial charge in [-0.3, -0.25) is 9.69 Å². The second-order valence-electron chi connectivity index (χ2n) is 6.64. The van der Waals surface area contributed by atoms with E-state index in [1.165, 1.54) is 11.3 Å². The highest BCUT2D eigenvalue weighted by Gasteiger charge is 2.22. The van der Waals surface area contributed by atoms with Crippen LogP contribution in [0.1, 0.15) is 23.9 Å². The fourth-order valence-electron chi connectivity index (χ4n) is 3.62. The van der Waals surface area contributed by atoms with Crippen LogP contribution >= 0.6 is 11.6 Å². The molecule has 1 aliphatic heterocycles. The van der Waals surface area contributed by atoms with Gasteiger partial charge in [-0.2, -0.15) is 0 Å². The number of aromatic amines is 1. The van der Waals surface area contributed by atoms with Crippen molar-refractivity contribution in [2.45, 2.75) is 33.0 Å². The van der Waals surface area contributed by atoms with Crippen LogP contribution in [0, 0.1) is 0 Å². The van der Waals surface area contributed by atoms with Crippen LogP contribution in [0.4, 0.5) is 0 Å². The quantitative estimate of drug-likeness (QED) is 0.767. The smallest absolute Gasteiger partial charge is 0.248 e. The number of rotatable bonds is 4. The zero-order valence-corrected chi connectivity index (χ0v) is 15.5. The van der Waals surface area contributed by atoms with E-state index in [0.717, 1.165) is 49.4 Å². The third-order valence-electron chi connectivity index (χ3n) is 4.98. The summed E-state index contributed by atoms with van der Waals surface area (Å²) in [5.41, 5.74) is 5.43. The molecule has 0 radical (unpaired) electrons. The number of imidazole rings is 1. The lowest BCUT2D eigenvalue weighted by Gasteiger charge is -2.30. The largest absolute Gasteiger partial charge is 0.334 e. The molecule has 4 rings (SSSR count). The summed E-state index contributed by atoms with van der Waals surface area (Å²) in [4.78, 5) is 21.8. The summed E-state index contributed by atoms with van der Waals surface area (Å²) in [6.45, 7) is 5.62. The Kier molecular flexibility index (Phi) is 4.66. The molecule has 1 N–H and O–H groups in total. The first-order valence-corrected chi connectivity index (χ1v) is 9.24. The second kappa shape index (κ2) is 7.09. The van der Waals surface area contributed by atoms with Gasteiger partial charge in [0, 0.05) is 55.6 Å². The molecule has 3 heterocycles. The van der Waals surface area contributed by atoms with E-state index in [1.54, 1.807) is 6.07 Å². The lowest BCUT2D eigenvalue weighted by atomic mass is 9.95. The number of hydrogen-bond acceptors (Lipinski definition) is 3. The Morgan fingerprint density at radius 1 is 1.27 bits per heavy atom. The Morgan fingerprint density at radius 3 is 2.85 bits per heavy atom. The van der Waals surface area contributed by atoms with Gasteiger partial charge in [-0.05, 0) is 35.7 Å². The van der Waals surface area contributed by atoms with Gasteiger partial charge in [0.2, 0.25) is 5.56 Å². The van der Waals surface area contributed by atoms with Crippen LogP contribution in [0.3, 0.4) is 0 Å². The number of aromatic nitrogens is 3. The summed E-state index contributed by atoms with van der Waals surface area (Å²) in [5, 5.41) is 0.696. The molecule has 0 unspecified atom stereocenters. The van der Waals surface area contributed by atoms with Gasteiger partial charge in [0.05, 0.1) is 12.0 Å². The number of fused-ring (bicyclic) bond motifs is 1. The molecular weight excluding hydrogens is 348 g/mol. The highest BCUT2D eigenvalue weighted by Crippen LogP contribution is 2.29. The standard InChI is InChI=1S/C20H21ClN4O/c1-2-25-13-22-10-16(25)11-24-8-7-19-18(12-24)17(9-20(26)23-19)14-3-5-15(21)6-4-14/h3-6,9-10,13H,2,7-8,11-12H2,1H3,(H,23,26). The average molecular weight is 369 g/mol. The number of nitrogens with zero attached hydrogens (tertiary/aromatic N) is 3. The van der Waals surface area contributed by atoms with E-state index >= 15 is 0 Å².